The number of thiocarbonyl (C=S) groups is 1. The van der Waals surface area contributed by atoms with Crippen LogP contribution in [-0.4, -0.2) is 18.8 Å². The van der Waals surface area contributed by atoms with Crippen LogP contribution < -0.4 is 15.4 Å². The molecule has 0 saturated heterocycles. The summed E-state index contributed by atoms with van der Waals surface area (Å²) in [5.41, 5.74) is 0.951. The van der Waals surface area contributed by atoms with E-state index in [9.17, 15) is 8.78 Å². The van der Waals surface area contributed by atoms with Crippen molar-refractivity contribution >= 4 is 23.0 Å². The summed E-state index contributed by atoms with van der Waals surface area (Å²) in [6.07, 6.45) is 1.71. The zero-order valence-corrected chi connectivity index (χ0v) is 13.6. The van der Waals surface area contributed by atoms with Crippen molar-refractivity contribution in [3.05, 3.63) is 59.7 Å². The molecule has 0 bridgehead atoms. The molecule has 0 radical (unpaired) electrons. The lowest BCUT2D eigenvalue weighted by atomic mass is 10.1. The van der Waals surface area contributed by atoms with Gasteiger partial charge in [-0.3, -0.25) is 0 Å². The van der Waals surface area contributed by atoms with E-state index in [1.807, 2.05) is 24.3 Å². The lowest BCUT2D eigenvalue weighted by Crippen LogP contribution is -2.30. The number of halogens is 2. The molecule has 0 atom stereocenters. The molecule has 0 aliphatic rings. The van der Waals surface area contributed by atoms with Crippen LogP contribution in [0.25, 0.3) is 0 Å². The average molecular weight is 336 g/mol. The number of benzene rings is 2. The van der Waals surface area contributed by atoms with Gasteiger partial charge >= 0.3 is 0 Å². The molecule has 2 aromatic rings. The number of hydrogen-bond acceptors (Lipinski definition) is 2. The molecule has 0 heterocycles. The molecule has 0 amide bonds. The van der Waals surface area contributed by atoms with Crippen LogP contribution in [0.5, 0.6) is 5.75 Å². The van der Waals surface area contributed by atoms with Gasteiger partial charge in [-0.15, -0.1) is 0 Å². The second-order valence-corrected chi connectivity index (χ2v) is 5.34. The van der Waals surface area contributed by atoms with Crippen LogP contribution in [0.3, 0.4) is 0 Å². The second kappa shape index (κ2) is 8.43. The van der Waals surface area contributed by atoms with Gasteiger partial charge in [0, 0.05) is 6.54 Å². The van der Waals surface area contributed by atoms with E-state index in [2.05, 4.69) is 10.6 Å². The van der Waals surface area contributed by atoms with E-state index in [4.69, 9.17) is 17.0 Å². The Morgan fingerprint density at radius 1 is 1.09 bits per heavy atom. The molecule has 0 unspecified atom stereocenters. The first-order valence-corrected chi connectivity index (χ1v) is 7.63. The highest BCUT2D eigenvalue weighted by Gasteiger charge is 2.09. The van der Waals surface area contributed by atoms with Gasteiger partial charge in [0.05, 0.1) is 7.11 Å². The summed E-state index contributed by atoms with van der Waals surface area (Å²) >= 11 is 5.05. The van der Waals surface area contributed by atoms with Crippen LogP contribution in [0.15, 0.2) is 42.5 Å². The quantitative estimate of drug-likeness (QED) is 0.619. The lowest BCUT2D eigenvalue weighted by molar-refractivity contribution is 0.414. The Morgan fingerprint density at radius 2 is 1.74 bits per heavy atom. The summed E-state index contributed by atoms with van der Waals surface area (Å²) in [5, 5.41) is 5.68. The Kier molecular flexibility index (Phi) is 6.29. The number of rotatable bonds is 6. The van der Waals surface area contributed by atoms with E-state index < -0.39 is 11.6 Å². The van der Waals surface area contributed by atoms with Gasteiger partial charge in [-0.25, -0.2) is 8.78 Å². The molecule has 0 aliphatic carbocycles. The van der Waals surface area contributed by atoms with Crippen molar-refractivity contribution in [3.8, 4) is 5.75 Å². The summed E-state index contributed by atoms with van der Waals surface area (Å²) in [6.45, 7) is 0.605. The SMILES string of the molecule is COc1ccc(CCCNC(=S)Nc2c(F)cccc2F)cc1. The van der Waals surface area contributed by atoms with Crippen LogP contribution >= 0.6 is 12.2 Å². The molecule has 0 aromatic heterocycles. The minimum Gasteiger partial charge on any atom is -0.497 e. The van der Waals surface area contributed by atoms with Crippen molar-refractivity contribution in [1.82, 2.24) is 5.32 Å². The summed E-state index contributed by atoms with van der Waals surface area (Å²) < 4.78 is 32.1. The third-order valence-corrected chi connectivity index (χ3v) is 3.53. The topological polar surface area (TPSA) is 33.3 Å². The monoisotopic (exact) mass is 336 g/mol. The van der Waals surface area contributed by atoms with Crippen molar-refractivity contribution in [2.75, 3.05) is 19.0 Å². The number of hydrogen-bond donors (Lipinski definition) is 2. The van der Waals surface area contributed by atoms with E-state index in [0.717, 1.165) is 18.6 Å². The van der Waals surface area contributed by atoms with E-state index in [1.54, 1.807) is 7.11 Å². The van der Waals surface area contributed by atoms with Gasteiger partial charge < -0.3 is 15.4 Å². The molecule has 122 valence electrons. The fraction of sp³-hybridized carbons (Fsp3) is 0.235. The highest BCUT2D eigenvalue weighted by atomic mass is 32.1. The maximum Gasteiger partial charge on any atom is 0.170 e. The Morgan fingerprint density at radius 3 is 2.35 bits per heavy atom. The minimum atomic E-state index is -0.674. The number of methoxy groups -OCH3 is 1. The molecule has 0 fully saturated rings. The molecular weight excluding hydrogens is 318 g/mol. The first kappa shape index (κ1) is 17.1. The van der Waals surface area contributed by atoms with E-state index in [-0.39, 0.29) is 10.8 Å². The van der Waals surface area contributed by atoms with Gasteiger partial charge in [0.15, 0.2) is 5.11 Å². The number of anilines is 1. The van der Waals surface area contributed by atoms with Crippen molar-refractivity contribution in [2.24, 2.45) is 0 Å². The molecule has 2 aromatic carbocycles. The van der Waals surface area contributed by atoms with Crippen molar-refractivity contribution in [3.63, 3.8) is 0 Å². The summed E-state index contributed by atoms with van der Waals surface area (Å²) in [4.78, 5) is 0. The first-order chi connectivity index (χ1) is 11.1. The highest BCUT2D eigenvalue weighted by molar-refractivity contribution is 7.80. The molecule has 2 N–H and O–H groups in total. The first-order valence-electron chi connectivity index (χ1n) is 7.22. The number of ether oxygens (including phenoxy) is 1. The largest absolute Gasteiger partial charge is 0.497 e. The van der Waals surface area contributed by atoms with E-state index in [0.29, 0.717) is 6.54 Å². The number of para-hydroxylation sites is 1. The normalized spacial score (nSPS) is 10.2. The van der Waals surface area contributed by atoms with Crippen LogP contribution in [0.2, 0.25) is 0 Å². The smallest absolute Gasteiger partial charge is 0.170 e. The van der Waals surface area contributed by atoms with Crippen LogP contribution in [-0.2, 0) is 6.42 Å². The molecule has 0 saturated carbocycles. The van der Waals surface area contributed by atoms with Crippen LogP contribution in [0.4, 0.5) is 14.5 Å². The molecular formula is C17H18F2N2OS. The summed E-state index contributed by atoms with van der Waals surface area (Å²) in [6, 6.07) is 11.5. The maximum atomic E-state index is 13.5. The van der Waals surface area contributed by atoms with Crippen molar-refractivity contribution < 1.29 is 13.5 Å². The minimum absolute atomic E-state index is 0.198. The third kappa shape index (κ3) is 5.17. The van der Waals surface area contributed by atoms with Gasteiger partial charge in [0.25, 0.3) is 0 Å². The molecule has 2 rings (SSSR count). The van der Waals surface area contributed by atoms with Crippen molar-refractivity contribution in [2.45, 2.75) is 12.8 Å². The van der Waals surface area contributed by atoms with Gasteiger partial charge in [0.2, 0.25) is 0 Å². The number of nitrogens with one attached hydrogen (secondary N) is 2. The second-order valence-electron chi connectivity index (χ2n) is 4.93. The summed E-state index contributed by atoms with van der Waals surface area (Å²) in [5.74, 6) is -0.524. The highest BCUT2D eigenvalue weighted by Crippen LogP contribution is 2.17. The molecule has 0 spiro atoms. The fourth-order valence-corrected chi connectivity index (χ4v) is 2.27. The molecule has 6 heteroatoms. The maximum absolute atomic E-state index is 13.5. The number of aryl methyl sites for hydroxylation is 1. The molecule has 0 aliphatic heterocycles. The predicted octanol–water partition coefficient (Wildman–Crippen LogP) is 3.89. The molecule has 23 heavy (non-hydrogen) atoms. The van der Waals surface area contributed by atoms with E-state index >= 15 is 0 Å². The van der Waals surface area contributed by atoms with Gasteiger partial charge in [-0.1, -0.05) is 18.2 Å². The standard InChI is InChI=1S/C17H18F2N2OS/c1-22-13-9-7-12(8-10-13)4-3-11-20-17(23)21-16-14(18)5-2-6-15(16)19/h2,5-10H,3-4,11H2,1H3,(H2,20,21,23). The van der Waals surface area contributed by atoms with Crippen LogP contribution in [0.1, 0.15) is 12.0 Å². The molecule has 3 nitrogen and oxygen atoms in total. The zero-order valence-electron chi connectivity index (χ0n) is 12.7. The third-order valence-electron chi connectivity index (χ3n) is 3.29. The zero-order chi connectivity index (χ0) is 16.7. The Bertz CT molecular complexity index is 642. The fourth-order valence-electron chi connectivity index (χ4n) is 2.06. The average Bonchev–Trinajstić information content (AvgIpc) is 2.56. The van der Waals surface area contributed by atoms with Gasteiger partial charge in [0.1, 0.15) is 23.1 Å². The Balaban J connectivity index is 1.74. The van der Waals surface area contributed by atoms with Crippen LogP contribution in [0, 0.1) is 11.6 Å². The van der Waals surface area contributed by atoms with E-state index in [1.165, 1.54) is 23.8 Å². The van der Waals surface area contributed by atoms with Gasteiger partial charge in [-0.05, 0) is 54.9 Å². The van der Waals surface area contributed by atoms with Crippen molar-refractivity contribution in [1.29, 1.82) is 0 Å². The van der Waals surface area contributed by atoms with Gasteiger partial charge in [-0.2, -0.15) is 0 Å². The lowest BCUT2D eigenvalue weighted by Gasteiger charge is -2.11. The predicted molar refractivity (Wildman–Crippen MR) is 91.9 cm³/mol. The Hall–Kier alpha value is -2.21. The Labute approximate surface area is 139 Å². The summed E-state index contributed by atoms with van der Waals surface area (Å²) in [7, 11) is 1.63.